The fourth-order valence-corrected chi connectivity index (χ4v) is 3.01. The normalized spacial score (nSPS) is 20.0. The molecule has 0 atom stereocenters. The van der Waals surface area contributed by atoms with Gasteiger partial charge in [-0.05, 0) is 30.7 Å². The third-order valence-electron chi connectivity index (χ3n) is 3.33. The Morgan fingerprint density at radius 1 is 1.45 bits per heavy atom. The standard InChI is InChI=1S/C13H10ClN5O2S/c14-9-4-10(16-7-1-2-7)19-11(17-9)6(5-15-19)3-8-12(20)18-13(21)22-8/h3-5,7,16H,1-2H2,(H,18,20,21)/b8-3-. The summed E-state index contributed by atoms with van der Waals surface area (Å²) in [5.41, 5.74) is 1.17. The van der Waals surface area contributed by atoms with Crippen LogP contribution in [0.25, 0.3) is 11.7 Å². The Hall–Kier alpha value is -2.06. The van der Waals surface area contributed by atoms with Crippen LogP contribution in [0.1, 0.15) is 18.4 Å². The van der Waals surface area contributed by atoms with Crippen molar-refractivity contribution in [1.82, 2.24) is 19.9 Å². The molecule has 0 aromatic carbocycles. The molecule has 4 rings (SSSR count). The van der Waals surface area contributed by atoms with Gasteiger partial charge in [-0.1, -0.05) is 11.6 Å². The minimum Gasteiger partial charge on any atom is -0.367 e. The van der Waals surface area contributed by atoms with Crippen molar-refractivity contribution in [3.63, 3.8) is 0 Å². The highest BCUT2D eigenvalue weighted by Gasteiger charge is 2.26. The van der Waals surface area contributed by atoms with Crippen molar-refractivity contribution in [2.24, 2.45) is 0 Å². The highest BCUT2D eigenvalue weighted by Crippen LogP contribution is 2.29. The fourth-order valence-electron chi connectivity index (χ4n) is 2.15. The van der Waals surface area contributed by atoms with Gasteiger partial charge in [-0.2, -0.15) is 9.61 Å². The van der Waals surface area contributed by atoms with Crippen LogP contribution in [0.2, 0.25) is 5.15 Å². The third-order valence-corrected chi connectivity index (χ3v) is 4.33. The lowest BCUT2D eigenvalue weighted by atomic mass is 10.3. The van der Waals surface area contributed by atoms with Crippen LogP contribution in [-0.4, -0.2) is 31.8 Å². The van der Waals surface area contributed by atoms with E-state index < -0.39 is 5.91 Å². The van der Waals surface area contributed by atoms with E-state index in [2.05, 4.69) is 20.7 Å². The Morgan fingerprint density at radius 3 is 2.95 bits per heavy atom. The van der Waals surface area contributed by atoms with Crippen LogP contribution >= 0.6 is 23.4 Å². The molecule has 0 bridgehead atoms. The number of aromatic nitrogens is 3. The number of halogens is 1. The number of anilines is 1. The molecule has 2 aliphatic rings. The molecule has 0 radical (unpaired) electrons. The quantitative estimate of drug-likeness (QED) is 0.661. The van der Waals surface area contributed by atoms with Gasteiger partial charge in [-0.25, -0.2) is 4.98 Å². The summed E-state index contributed by atoms with van der Waals surface area (Å²) in [6.07, 6.45) is 5.44. The number of nitrogens with one attached hydrogen (secondary N) is 2. The van der Waals surface area contributed by atoms with Crippen LogP contribution in [-0.2, 0) is 4.79 Å². The van der Waals surface area contributed by atoms with E-state index in [1.54, 1.807) is 22.9 Å². The molecule has 1 aliphatic carbocycles. The lowest BCUT2D eigenvalue weighted by Gasteiger charge is -2.07. The molecule has 0 unspecified atom stereocenters. The van der Waals surface area contributed by atoms with Crippen LogP contribution in [0.3, 0.4) is 0 Å². The Balaban J connectivity index is 1.79. The molecular weight excluding hydrogens is 326 g/mol. The van der Waals surface area contributed by atoms with Crippen molar-refractivity contribution in [3.05, 3.63) is 27.9 Å². The third kappa shape index (κ3) is 2.44. The molecule has 7 nitrogen and oxygen atoms in total. The molecule has 3 heterocycles. The molecule has 2 aromatic heterocycles. The average Bonchev–Trinajstić information content (AvgIpc) is 3.09. The highest BCUT2D eigenvalue weighted by atomic mass is 35.5. The second kappa shape index (κ2) is 4.99. The minimum atomic E-state index is -0.410. The van der Waals surface area contributed by atoms with Gasteiger partial charge in [0.2, 0.25) is 0 Å². The van der Waals surface area contributed by atoms with Gasteiger partial charge >= 0.3 is 0 Å². The predicted octanol–water partition coefficient (Wildman–Crippen LogP) is 2.28. The largest absolute Gasteiger partial charge is 0.367 e. The van der Waals surface area contributed by atoms with E-state index in [-0.39, 0.29) is 5.24 Å². The molecule has 9 heteroatoms. The van der Waals surface area contributed by atoms with Crippen LogP contribution in [0.15, 0.2) is 17.2 Å². The predicted molar refractivity (Wildman–Crippen MR) is 83.7 cm³/mol. The summed E-state index contributed by atoms with van der Waals surface area (Å²) in [6.45, 7) is 0. The molecule has 2 fully saturated rings. The van der Waals surface area contributed by atoms with Gasteiger partial charge in [0.1, 0.15) is 11.0 Å². The van der Waals surface area contributed by atoms with E-state index in [0.717, 1.165) is 30.4 Å². The molecule has 2 aromatic rings. The first kappa shape index (κ1) is 13.6. The Labute approximate surface area is 134 Å². The van der Waals surface area contributed by atoms with Gasteiger partial charge in [-0.15, -0.1) is 0 Å². The van der Waals surface area contributed by atoms with Crippen LogP contribution in [0, 0.1) is 0 Å². The maximum atomic E-state index is 11.6. The number of thioether (sulfide) groups is 1. The lowest BCUT2D eigenvalue weighted by Crippen LogP contribution is -2.17. The second-order valence-corrected chi connectivity index (χ2v) is 6.47. The van der Waals surface area contributed by atoms with Crippen molar-refractivity contribution in [2.75, 3.05) is 5.32 Å². The maximum Gasteiger partial charge on any atom is 0.290 e. The van der Waals surface area contributed by atoms with E-state index >= 15 is 0 Å². The summed E-state index contributed by atoms with van der Waals surface area (Å²) < 4.78 is 1.65. The van der Waals surface area contributed by atoms with Crippen molar-refractivity contribution >= 4 is 52.1 Å². The number of nitrogens with zero attached hydrogens (tertiary/aromatic N) is 3. The molecule has 1 saturated carbocycles. The van der Waals surface area contributed by atoms with Crippen molar-refractivity contribution in [3.8, 4) is 0 Å². The first-order chi connectivity index (χ1) is 10.6. The van der Waals surface area contributed by atoms with Crippen molar-refractivity contribution < 1.29 is 9.59 Å². The number of rotatable bonds is 3. The summed E-state index contributed by atoms with van der Waals surface area (Å²) in [4.78, 5) is 27.4. The van der Waals surface area contributed by atoms with Gasteiger partial charge in [0.15, 0.2) is 5.65 Å². The zero-order valence-corrected chi connectivity index (χ0v) is 12.7. The number of carbonyl (C=O) groups excluding carboxylic acids is 2. The zero-order chi connectivity index (χ0) is 15.3. The number of amides is 2. The van der Waals surface area contributed by atoms with Crippen LogP contribution < -0.4 is 10.6 Å². The molecule has 2 N–H and O–H groups in total. The average molecular weight is 336 g/mol. The van der Waals surface area contributed by atoms with E-state index in [0.29, 0.717) is 27.3 Å². The molecule has 2 amide bonds. The summed E-state index contributed by atoms with van der Waals surface area (Å²) in [6, 6.07) is 2.17. The Kier molecular flexibility index (Phi) is 3.08. The first-order valence-corrected chi connectivity index (χ1v) is 7.85. The van der Waals surface area contributed by atoms with E-state index in [1.807, 2.05) is 0 Å². The monoisotopic (exact) mass is 335 g/mol. The number of imide groups is 1. The van der Waals surface area contributed by atoms with E-state index in [4.69, 9.17) is 11.6 Å². The zero-order valence-electron chi connectivity index (χ0n) is 11.2. The lowest BCUT2D eigenvalue weighted by molar-refractivity contribution is -0.115. The molecule has 0 spiro atoms. The Morgan fingerprint density at radius 2 is 2.27 bits per heavy atom. The van der Waals surface area contributed by atoms with Gasteiger partial charge in [0.25, 0.3) is 11.1 Å². The fraction of sp³-hybridized carbons (Fsp3) is 0.231. The molecule has 22 heavy (non-hydrogen) atoms. The van der Waals surface area contributed by atoms with Gasteiger partial charge in [-0.3, -0.25) is 14.9 Å². The summed E-state index contributed by atoms with van der Waals surface area (Å²) in [5.74, 6) is 0.356. The van der Waals surface area contributed by atoms with Gasteiger partial charge in [0, 0.05) is 17.7 Å². The molecule has 1 saturated heterocycles. The number of hydrogen-bond donors (Lipinski definition) is 2. The van der Waals surface area contributed by atoms with Crippen molar-refractivity contribution in [1.29, 1.82) is 0 Å². The second-order valence-electron chi connectivity index (χ2n) is 5.07. The van der Waals surface area contributed by atoms with Crippen LogP contribution in [0.4, 0.5) is 10.6 Å². The SMILES string of the molecule is O=C1NC(=O)/C(=C/c2cnn3c(NC4CC4)cc(Cl)nc23)S1. The molecular formula is C13H10ClN5O2S. The minimum absolute atomic E-state index is 0.318. The summed E-state index contributed by atoms with van der Waals surface area (Å²) in [7, 11) is 0. The smallest absolute Gasteiger partial charge is 0.290 e. The van der Waals surface area contributed by atoms with E-state index in [1.165, 1.54) is 0 Å². The van der Waals surface area contributed by atoms with E-state index in [9.17, 15) is 9.59 Å². The van der Waals surface area contributed by atoms with Crippen molar-refractivity contribution in [2.45, 2.75) is 18.9 Å². The Bertz CT molecular complexity index is 842. The maximum absolute atomic E-state index is 11.6. The number of hydrogen-bond acceptors (Lipinski definition) is 6. The van der Waals surface area contributed by atoms with Crippen LogP contribution in [0.5, 0.6) is 0 Å². The first-order valence-electron chi connectivity index (χ1n) is 6.66. The molecule has 1 aliphatic heterocycles. The highest BCUT2D eigenvalue weighted by molar-refractivity contribution is 8.18. The van der Waals surface area contributed by atoms with Gasteiger partial charge in [0.05, 0.1) is 11.1 Å². The number of carbonyl (C=O) groups is 2. The molecule has 112 valence electrons. The summed E-state index contributed by atoms with van der Waals surface area (Å²) >= 11 is 6.93. The summed E-state index contributed by atoms with van der Waals surface area (Å²) in [5, 5.41) is 9.81. The number of fused-ring (bicyclic) bond motifs is 1. The van der Waals surface area contributed by atoms with Gasteiger partial charge < -0.3 is 5.32 Å². The topological polar surface area (TPSA) is 88.4 Å².